The van der Waals surface area contributed by atoms with Gasteiger partial charge in [0.25, 0.3) is 0 Å². The molecule has 0 spiro atoms. The number of carbonyl (C=O) groups excluding carboxylic acids is 1. The Morgan fingerprint density at radius 2 is 1.83 bits per heavy atom. The van der Waals surface area contributed by atoms with Gasteiger partial charge >= 0.3 is 0 Å². The largest absolute Gasteiger partial charge is 0.298 e. The van der Waals surface area contributed by atoms with Crippen LogP contribution in [-0.4, -0.2) is 29.8 Å². The van der Waals surface area contributed by atoms with Gasteiger partial charge in [0.2, 0.25) is 0 Å². The van der Waals surface area contributed by atoms with Crippen LogP contribution in [0.15, 0.2) is 24.3 Å². The van der Waals surface area contributed by atoms with Gasteiger partial charge in [0.05, 0.1) is 6.04 Å². The van der Waals surface area contributed by atoms with Crippen LogP contribution in [0, 0.1) is 11.7 Å². The quantitative estimate of drug-likeness (QED) is 0.800. The Hall–Kier alpha value is -1.22. The lowest BCUT2D eigenvalue weighted by molar-refractivity contribution is -0.123. The van der Waals surface area contributed by atoms with E-state index in [1.807, 2.05) is 0 Å². The van der Waals surface area contributed by atoms with Gasteiger partial charge in [0.15, 0.2) is 5.78 Å². The van der Waals surface area contributed by atoms with Gasteiger partial charge in [0, 0.05) is 6.42 Å². The highest BCUT2D eigenvalue weighted by atomic mass is 19.1. The van der Waals surface area contributed by atoms with E-state index in [1.165, 1.54) is 12.1 Å². The van der Waals surface area contributed by atoms with E-state index < -0.39 is 0 Å². The number of piperidine rings is 1. The van der Waals surface area contributed by atoms with Gasteiger partial charge in [-0.2, -0.15) is 0 Å². The molecule has 2 bridgehead atoms. The van der Waals surface area contributed by atoms with Crippen molar-refractivity contribution in [2.45, 2.75) is 31.7 Å². The normalized spacial score (nSPS) is 31.4. The van der Waals surface area contributed by atoms with Gasteiger partial charge in [-0.25, -0.2) is 4.39 Å². The maximum Gasteiger partial charge on any atom is 0.150 e. The van der Waals surface area contributed by atoms with Gasteiger partial charge in [-0.1, -0.05) is 12.1 Å². The van der Waals surface area contributed by atoms with Crippen LogP contribution < -0.4 is 0 Å². The highest BCUT2D eigenvalue weighted by Gasteiger charge is 2.35. The lowest BCUT2D eigenvalue weighted by Gasteiger charge is -2.31. The molecule has 1 aromatic rings. The summed E-state index contributed by atoms with van der Waals surface area (Å²) in [6.45, 7) is 2.09. The summed E-state index contributed by atoms with van der Waals surface area (Å²) in [6.07, 6.45) is 3.78. The monoisotopic (exact) mass is 247 g/mol. The average molecular weight is 247 g/mol. The first-order valence-electron chi connectivity index (χ1n) is 6.73. The molecule has 0 radical (unpaired) electrons. The SMILES string of the molecule is O=C1CC2CCN(CC2)C1Cc1ccc(F)cc1. The molecule has 1 aromatic carbocycles. The summed E-state index contributed by atoms with van der Waals surface area (Å²) in [5, 5.41) is 0. The first kappa shape index (κ1) is 11.8. The Morgan fingerprint density at radius 1 is 1.17 bits per heavy atom. The van der Waals surface area contributed by atoms with Crippen molar-refractivity contribution < 1.29 is 9.18 Å². The number of fused-ring (bicyclic) bond motifs is 4. The molecule has 0 N–H and O–H groups in total. The number of hydrogen-bond donors (Lipinski definition) is 0. The second-order valence-electron chi connectivity index (χ2n) is 5.50. The number of benzene rings is 1. The molecule has 96 valence electrons. The van der Waals surface area contributed by atoms with Crippen LogP contribution in [0.25, 0.3) is 0 Å². The molecule has 1 atom stereocenters. The molecule has 0 saturated carbocycles. The highest BCUT2D eigenvalue weighted by Crippen LogP contribution is 2.29. The molecular formula is C15H18FNO. The first-order valence-corrected chi connectivity index (χ1v) is 6.73. The lowest BCUT2D eigenvalue weighted by atomic mass is 9.94. The molecule has 0 aliphatic carbocycles. The van der Waals surface area contributed by atoms with Crippen molar-refractivity contribution in [3.63, 3.8) is 0 Å². The molecule has 3 aliphatic rings. The molecule has 18 heavy (non-hydrogen) atoms. The number of rotatable bonds is 2. The van der Waals surface area contributed by atoms with E-state index in [4.69, 9.17) is 0 Å². The van der Waals surface area contributed by atoms with Crippen molar-refractivity contribution >= 4 is 5.78 Å². The van der Waals surface area contributed by atoms with Crippen LogP contribution in [-0.2, 0) is 11.2 Å². The molecule has 1 unspecified atom stereocenters. The van der Waals surface area contributed by atoms with Crippen molar-refractivity contribution in [1.29, 1.82) is 0 Å². The zero-order valence-corrected chi connectivity index (χ0v) is 10.4. The van der Waals surface area contributed by atoms with Gasteiger partial charge in [0.1, 0.15) is 5.82 Å². The van der Waals surface area contributed by atoms with E-state index in [2.05, 4.69) is 4.90 Å². The molecule has 3 saturated heterocycles. The summed E-state index contributed by atoms with van der Waals surface area (Å²) < 4.78 is 12.9. The van der Waals surface area contributed by atoms with Gasteiger partial charge in [-0.3, -0.25) is 9.69 Å². The zero-order chi connectivity index (χ0) is 12.5. The van der Waals surface area contributed by atoms with Crippen molar-refractivity contribution in [3.8, 4) is 0 Å². The van der Waals surface area contributed by atoms with E-state index in [9.17, 15) is 9.18 Å². The Labute approximate surface area is 107 Å². The summed E-state index contributed by atoms with van der Waals surface area (Å²) in [5.74, 6) is 0.762. The average Bonchev–Trinajstić information content (AvgIpc) is 2.61. The molecule has 4 rings (SSSR count). The second kappa shape index (κ2) is 4.81. The minimum absolute atomic E-state index is 0.0166. The maximum absolute atomic E-state index is 12.9. The van der Waals surface area contributed by atoms with Crippen LogP contribution >= 0.6 is 0 Å². The van der Waals surface area contributed by atoms with Crippen LogP contribution in [0.2, 0.25) is 0 Å². The van der Waals surface area contributed by atoms with Crippen LogP contribution in [0.1, 0.15) is 24.8 Å². The Kier molecular flexibility index (Phi) is 3.16. The molecule has 3 heteroatoms. The predicted molar refractivity (Wildman–Crippen MR) is 67.8 cm³/mol. The van der Waals surface area contributed by atoms with E-state index in [0.717, 1.165) is 44.3 Å². The third kappa shape index (κ3) is 2.32. The number of nitrogens with zero attached hydrogens (tertiary/aromatic N) is 1. The van der Waals surface area contributed by atoms with E-state index >= 15 is 0 Å². The highest BCUT2D eigenvalue weighted by molar-refractivity contribution is 5.85. The minimum Gasteiger partial charge on any atom is -0.298 e. The minimum atomic E-state index is -0.216. The van der Waals surface area contributed by atoms with Crippen molar-refractivity contribution in [3.05, 3.63) is 35.6 Å². The smallest absolute Gasteiger partial charge is 0.150 e. The standard InChI is InChI=1S/C15H18FNO/c16-13-3-1-11(2-4-13)9-14-15(18)10-12-5-7-17(14)8-6-12/h1-4,12,14H,5-10H2. The van der Waals surface area contributed by atoms with E-state index in [-0.39, 0.29) is 11.9 Å². The number of carbonyl (C=O) groups is 1. The van der Waals surface area contributed by atoms with Gasteiger partial charge in [-0.05, 0) is 56.0 Å². The lowest BCUT2D eigenvalue weighted by Crippen LogP contribution is -2.42. The number of hydrogen-bond acceptors (Lipinski definition) is 2. The molecule has 3 heterocycles. The molecular weight excluding hydrogens is 229 g/mol. The molecule has 3 aliphatic heterocycles. The Bertz CT molecular complexity index is 434. The summed E-state index contributed by atoms with van der Waals surface area (Å²) in [4.78, 5) is 14.5. The number of ketones is 1. The Morgan fingerprint density at radius 3 is 2.50 bits per heavy atom. The van der Waals surface area contributed by atoms with Crippen LogP contribution in [0.5, 0.6) is 0 Å². The Balaban J connectivity index is 1.78. The number of Topliss-reactive ketones (excluding diaryl/α,β-unsaturated/α-hetero) is 1. The maximum atomic E-state index is 12.9. The van der Waals surface area contributed by atoms with E-state index in [1.54, 1.807) is 12.1 Å². The summed E-state index contributed by atoms with van der Waals surface area (Å²) in [6, 6.07) is 6.55. The molecule has 2 nitrogen and oxygen atoms in total. The second-order valence-corrected chi connectivity index (χ2v) is 5.50. The fourth-order valence-electron chi connectivity index (χ4n) is 3.18. The first-order chi connectivity index (χ1) is 8.72. The topological polar surface area (TPSA) is 20.3 Å². The van der Waals surface area contributed by atoms with Crippen molar-refractivity contribution in [2.75, 3.05) is 13.1 Å². The summed E-state index contributed by atoms with van der Waals surface area (Å²) in [5.41, 5.74) is 1.06. The van der Waals surface area contributed by atoms with Crippen LogP contribution in [0.3, 0.4) is 0 Å². The predicted octanol–water partition coefficient (Wildman–Crippen LogP) is 2.42. The van der Waals surface area contributed by atoms with Gasteiger partial charge in [-0.15, -0.1) is 0 Å². The van der Waals surface area contributed by atoms with Crippen molar-refractivity contribution in [1.82, 2.24) is 4.90 Å². The summed E-state index contributed by atoms with van der Waals surface area (Å²) >= 11 is 0. The molecule has 3 fully saturated rings. The summed E-state index contributed by atoms with van der Waals surface area (Å²) in [7, 11) is 0. The fraction of sp³-hybridized carbons (Fsp3) is 0.533. The zero-order valence-electron chi connectivity index (χ0n) is 10.4. The number of halogens is 1. The third-order valence-corrected chi connectivity index (χ3v) is 4.29. The van der Waals surface area contributed by atoms with E-state index in [0.29, 0.717) is 11.7 Å². The molecule has 0 amide bonds. The van der Waals surface area contributed by atoms with Gasteiger partial charge < -0.3 is 0 Å². The van der Waals surface area contributed by atoms with Crippen LogP contribution in [0.4, 0.5) is 4.39 Å². The fourth-order valence-corrected chi connectivity index (χ4v) is 3.18. The van der Waals surface area contributed by atoms with Crippen molar-refractivity contribution in [2.24, 2.45) is 5.92 Å². The third-order valence-electron chi connectivity index (χ3n) is 4.29. The molecule has 0 aromatic heterocycles.